The molecule has 1 fully saturated rings. The van der Waals surface area contributed by atoms with Gasteiger partial charge in [-0.05, 0) is 43.2 Å². The number of amides is 1. The molecule has 1 aliphatic heterocycles. The molecule has 3 rings (SSSR count). The van der Waals surface area contributed by atoms with E-state index in [1.54, 1.807) is 12.1 Å². The average Bonchev–Trinajstić information content (AvgIpc) is 2.71. The lowest BCUT2D eigenvalue weighted by Crippen LogP contribution is -2.36. The van der Waals surface area contributed by atoms with E-state index in [2.05, 4.69) is 10.5 Å². The van der Waals surface area contributed by atoms with Crippen molar-refractivity contribution in [2.24, 2.45) is 5.16 Å². The number of nitro benzene ring substituents is 1. The van der Waals surface area contributed by atoms with Crippen molar-refractivity contribution >= 4 is 29.2 Å². The SMILES string of the molecule is Cc1cc(C)cc(NC(=O)CO/N=C\c2ccc(N3CCOCC3)c([N+](=O)[O-])c2)c1. The standard InChI is InChI=1S/C21H24N4O5/c1-15-9-16(2)11-18(10-15)23-21(26)14-30-22-13-17-3-4-19(20(12-17)25(27)28)24-5-7-29-8-6-24/h3-4,9-13H,5-8,14H2,1-2H3,(H,23,26)/b22-13-. The highest BCUT2D eigenvalue weighted by atomic mass is 16.6. The second kappa shape index (κ2) is 9.84. The van der Waals surface area contributed by atoms with Gasteiger partial charge in [0.15, 0.2) is 6.61 Å². The van der Waals surface area contributed by atoms with Crippen LogP contribution in [0.15, 0.2) is 41.6 Å². The maximum Gasteiger partial charge on any atom is 0.293 e. The number of carbonyl (C=O) groups is 1. The van der Waals surface area contributed by atoms with Crippen molar-refractivity contribution in [1.82, 2.24) is 0 Å². The molecule has 0 bridgehead atoms. The summed E-state index contributed by atoms with van der Waals surface area (Å²) in [6.07, 6.45) is 1.35. The first kappa shape index (κ1) is 21.3. The highest BCUT2D eigenvalue weighted by Crippen LogP contribution is 2.29. The third-order valence-corrected chi connectivity index (χ3v) is 4.53. The highest BCUT2D eigenvalue weighted by molar-refractivity contribution is 5.92. The maximum atomic E-state index is 12.0. The van der Waals surface area contributed by atoms with Gasteiger partial charge in [-0.2, -0.15) is 0 Å². The summed E-state index contributed by atoms with van der Waals surface area (Å²) in [4.78, 5) is 30.0. The first-order valence-corrected chi connectivity index (χ1v) is 9.57. The number of morpholine rings is 1. The fourth-order valence-electron chi connectivity index (χ4n) is 3.28. The lowest BCUT2D eigenvalue weighted by molar-refractivity contribution is -0.384. The average molecular weight is 412 g/mol. The quantitative estimate of drug-likeness (QED) is 0.426. The molecule has 9 nitrogen and oxygen atoms in total. The first-order valence-electron chi connectivity index (χ1n) is 9.57. The van der Waals surface area contributed by atoms with E-state index in [0.717, 1.165) is 11.1 Å². The third kappa shape index (κ3) is 5.77. The molecule has 0 atom stereocenters. The molecule has 1 heterocycles. The van der Waals surface area contributed by atoms with E-state index < -0.39 is 4.92 Å². The zero-order valence-corrected chi connectivity index (χ0v) is 17.0. The molecule has 2 aromatic rings. The van der Waals surface area contributed by atoms with Gasteiger partial charge >= 0.3 is 0 Å². The summed E-state index contributed by atoms with van der Waals surface area (Å²) in [5.74, 6) is -0.342. The topological polar surface area (TPSA) is 106 Å². The molecule has 2 aromatic carbocycles. The van der Waals surface area contributed by atoms with Crippen molar-refractivity contribution in [2.75, 3.05) is 43.1 Å². The van der Waals surface area contributed by atoms with Crippen molar-refractivity contribution in [1.29, 1.82) is 0 Å². The second-order valence-electron chi connectivity index (χ2n) is 7.04. The van der Waals surface area contributed by atoms with Gasteiger partial charge in [-0.1, -0.05) is 17.3 Å². The zero-order chi connectivity index (χ0) is 21.5. The molecule has 0 aromatic heterocycles. The van der Waals surface area contributed by atoms with Gasteiger partial charge in [0.1, 0.15) is 5.69 Å². The number of oxime groups is 1. The number of benzene rings is 2. The van der Waals surface area contributed by atoms with Crippen molar-refractivity contribution in [3.05, 3.63) is 63.2 Å². The lowest BCUT2D eigenvalue weighted by atomic mass is 10.1. The van der Waals surface area contributed by atoms with Crippen molar-refractivity contribution in [2.45, 2.75) is 13.8 Å². The minimum atomic E-state index is -0.416. The summed E-state index contributed by atoms with van der Waals surface area (Å²) in [5.41, 5.74) is 3.84. The van der Waals surface area contributed by atoms with Crippen LogP contribution in [0.1, 0.15) is 16.7 Å². The molecule has 9 heteroatoms. The van der Waals surface area contributed by atoms with E-state index >= 15 is 0 Å². The molecule has 0 saturated carbocycles. The largest absolute Gasteiger partial charge is 0.386 e. The second-order valence-corrected chi connectivity index (χ2v) is 7.04. The van der Waals surface area contributed by atoms with Crippen LogP contribution < -0.4 is 10.2 Å². The summed E-state index contributed by atoms with van der Waals surface area (Å²) in [6, 6.07) is 10.6. The van der Waals surface area contributed by atoms with Gasteiger partial charge in [-0.25, -0.2) is 0 Å². The fraction of sp³-hybridized carbons (Fsp3) is 0.333. The van der Waals surface area contributed by atoms with Crippen LogP contribution >= 0.6 is 0 Å². The number of nitrogens with one attached hydrogen (secondary N) is 1. The van der Waals surface area contributed by atoms with Crippen molar-refractivity contribution < 1.29 is 19.3 Å². The minimum Gasteiger partial charge on any atom is -0.386 e. The summed E-state index contributed by atoms with van der Waals surface area (Å²) in [7, 11) is 0. The summed E-state index contributed by atoms with van der Waals surface area (Å²) in [5, 5.41) is 18.0. The molecule has 1 amide bonds. The Labute approximate surface area is 174 Å². The van der Waals surface area contributed by atoms with Gasteiger partial charge in [-0.3, -0.25) is 14.9 Å². The molecule has 0 unspecified atom stereocenters. The van der Waals surface area contributed by atoms with Gasteiger partial charge in [-0.15, -0.1) is 0 Å². The third-order valence-electron chi connectivity index (χ3n) is 4.53. The predicted molar refractivity (Wildman–Crippen MR) is 114 cm³/mol. The molecule has 30 heavy (non-hydrogen) atoms. The molecule has 0 aliphatic carbocycles. The molecule has 1 aliphatic rings. The smallest absolute Gasteiger partial charge is 0.293 e. The molecular formula is C21H24N4O5. The predicted octanol–water partition coefficient (Wildman–Crippen LogP) is 3.04. The number of hydrogen-bond acceptors (Lipinski definition) is 7. The minimum absolute atomic E-state index is 0.00610. The molecule has 158 valence electrons. The lowest BCUT2D eigenvalue weighted by Gasteiger charge is -2.28. The molecular weight excluding hydrogens is 388 g/mol. The number of anilines is 2. The van der Waals surface area contributed by atoms with E-state index in [1.807, 2.05) is 36.9 Å². The zero-order valence-electron chi connectivity index (χ0n) is 17.0. The molecule has 1 saturated heterocycles. The van der Waals surface area contributed by atoms with Crippen molar-refractivity contribution in [3.63, 3.8) is 0 Å². The Morgan fingerprint density at radius 3 is 2.60 bits per heavy atom. The van der Waals surface area contributed by atoms with Gasteiger partial charge < -0.3 is 19.8 Å². The number of nitrogens with zero attached hydrogens (tertiary/aromatic N) is 3. The van der Waals surface area contributed by atoms with Crippen LogP contribution in [0.25, 0.3) is 0 Å². The summed E-state index contributed by atoms with van der Waals surface area (Å²) in [6.45, 7) is 5.92. The van der Waals surface area contributed by atoms with Gasteiger partial charge in [0.05, 0.1) is 24.4 Å². The molecule has 0 radical (unpaired) electrons. The van der Waals surface area contributed by atoms with E-state index in [-0.39, 0.29) is 18.2 Å². The van der Waals surface area contributed by atoms with E-state index in [0.29, 0.717) is 43.2 Å². The Bertz CT molecular complexity index is 934. The summed E-state index contributed by atoms with van der Waals surface area (Å²) >= 11 is 0. The Balaban J connectivity index is 1.58. The van der Waals surface area contributed by atoms with E-state index in [1.165, 1.54) is 12.3 Å². The Morgan fingerprint density at radius 1 is 1.23 bits per heavy atom. The molecule has 1 N–H and O–H groups in total. The van der Waals surface area contributed by atoms with Crippen LogP contribution in [0, 0.1) is 24.0 Å². The van der Waals surface area contributed by atoms with Crippen LogP contribution in [0.2, 0.25) is 0 Å². The number of hydrogen-bond donors (Lipinski definition) is 1. The number of aryl methyl sites for hydroxylation is 2. The van der Waals surface area contributed by atoms with Crippen LogP contribution in [-0.4, -0.2) is 50.0 Å². The van der Waals surface area contributed by atoms with Gasteiger partial charge in [0.25, 0.3) is 11.6 Å². The van der Waals surface area contributed by atoms with Crippen LogP contribution in [0.5, 0.6) is 0 Å². The van der Waals surface area contributed by atoms with E-state index in [4.69, 9.17) is 9.57 Å². The normalized spacial score (nSPS) is 14.0. The van der Waals surface area contributed by atoms with Crippen LogP contribution in [-0.2, 0) is 14.4 Å². The van der Waals surface area contributed by atoms with Gasteiger partial charge in [0.2, 0.25) is 0 Å². The maximum absolute atomic E-state index is 12.0. The number of nitro groups is 1. The first-order chi connectivity index (χ1) is 14.4. The Kier molecular flexibility index (Phi) is 6.97. The van der Waals surface area contributed by atoms with Crippen LogP contribution in [0.3, 0.4) is 0 Å². The Morgan fingerprint density at radius 2 is 1.93 bits per heavy atom. The molecule has 0 spiro atoms. The Hall–Kier alpha value is -3.46. The fourth-order valence-corrected chi connectivity index (χ4v) is 3.28. The van der Waals surface area contributed by atoms with E-state index in [9.17, 15) is 14.9 Å². The van der Waals surface area contributed by atoms with Crippen LogP contribution in [0.4, 0.5) is 17.1 Å². The number of ether oxygens (including phenoxy) is 1. The van der Waals surface area contributed by atoms with Gasteiger partial charge in [0, 0.05) is 30.4 Å². The monoisotopic (exact) mass is 412 g/mol. The number of carbonyl (C=O) groups excluding carboxylic acids is 1. The van der Waals surface area contributed by atoms with Crippen molar-refractivity contribution in [3.8, 4) is 0 Å². The summed E-state index contributed by atoms with van der Waals surface area (Å²) < 4.78 is 5.30. The highest BCUT2D eigenvalue weighted by Gasteiger charge is 2.21. The number of rotatable bonds is 7.